The molecule has 4 rings (SSSR count). The summed E-state index contributed by atoms with van der Waals surface area (Å²) in [4.78, 5) is 4.43. The van der Waals surface area contributed by atoms with E-state index in [1.807, 2.05) is 4.68 Å². The number of nitrogens with zero attached hydrogens (tertiary/aromatic N) is 3. The summed E-state index contributed by atoms with van der Waals surface area (Å²) in [6.07, 6.45) is 3.67. The van der Waals surface area contributed by atoms with Crippen molar-refractivity contribution in [1.82, 2.24) is 14.8 Å². The van der Waals surface area contributed by atoms with E-state index in [-0.39, 0.29) is 12.1 Å². The Labute approximate surface area is 155 Å². The van der Waals surface area contributed by atoms with Gasteiger partial charge in [0.2, 0.25) is 5.95 Å². The molecule has 1 aliphatic rings. The van der Waals surface area contributed by atoms with E-state index < -0.39 is 0 Å². The van der Waals surface area contributed by atoms with Crippen LogP contribution < -0.4 is 5.32 Å². The monoisotopic (exact) mass is 346 g/mol. The van der Waals surface area contributed by atoms with E-state index in [1.165, 1.54) is 22.3 Å². The summed E-state index contributed by atoms with van der Waals surface area (Å²) in [5.74, 6) is 1.39. The zero-order valence-electron chi connectivity index (χ0n) is 15.7. The molecule has 0 bridgehead atoms. The number of aromatic nitrogens is 3. The summed E-state index contributed by atoms with van der Waals surface area (Å²) in [7, 11) is 0. The van der Waals surface area contributed by atoms with Crippen LogP contribution >= 0.6 is 0 Å². The van der Waals surface area contributed by atoms with E-state index in [9.17, 15) is 0 Å². The molecule has 0 saturated carbocycles. The minimum absolute atomic E-state index is 0.200. The van der Waals surface area contributed by atoms with Crippen molar-refractivity contribution in [3.8, 4) is 0 Å². The highest BCUT2D eigenvalue weighted by Crippen LogP contribution is 2.37. The van der Waals surface area contributed by atoms with Crippen LogP contribution in [0.25, 0.3) is 0 Å². The number of anilines is 1. The van der Waals surface area contributed by atoms with Crippen LogP contribution in [-0.4, -0.2) is 14.8 Å². The van der Waals surface area contributed by atoms with Gasteiger partial charge in [-0.05, 0) is 41.0 Å². The molecule has 4 nitrogen and oxygen atoms in total. The van der Waals surface area contributed by atoms with Gasteiger partial charge in [0.25, 0.3) is 0 Å². The summed E-state index contributed by atoms with van der Waals surface area (Å²) in [6, 6.07) is 18.3. The maximum Gasteiger partial charge on any atom is 0.222 e. The first-order valence-corrected chi connectivity index (χ1v) is 9.50. The number of hydrogen-bond acceptors (Lipinski definition) is 3. The Bertz CT molecular complexity index is 862. The van der Waals surface area contributed by atoms with E-state index in [2.05, 4.69) is 84.7 Å². The van der Waals surface area contributed by atoms with E-state index in [1.54, 1.807) is 6.33 Å². The third-order valence-electron chi connectivity index (χ3n) is 5.41. The average Bonchev–Trinajstić information content (AvgIpc) is 3.16. The second kappa shape index (κ2) is 6.94. The number of fused-ring (bicyclic) bond motifs is 1. The standard InChI is InChI=1S/C22H26N4/c1-4-16-5-7-18(8-6-16)20-13-21(26-22(25-20)23-14-24-26)19-11-9-17(10-12-19)15(2)3/h5-12,14-15,20-21H,4,13H2,1-3H3,(H,23,24,25). The van der Waals surface area contributed by atoms with E-state index in [4.69, 9.17) is 0 Å². The maximum absolute atomic E-state index is 4.47. The molecular weight excluding hydrogens is 320 g/mol. The van der Waals surface area contributed by atoms with E-state index in [0.717, 1.165) is 18.8 Å². The lowest BCUT2D eigenvalue weighted by atomic mass is 9.91. The van der Waals surface area contributed by atoms with Gasteiger partial charge < -0.3 is 5.32 Å². The molecule has 0 radical (unpaired) electrons. The van der Waals surface area contributed by atoms with Crippen LogP contribution in [0.5, 0.6) is 0 Å². The number of rotatable bonds is 4. The first kappa shape index (κ1) is 16.8. The van der Waals surface area contributed by atoms with Crippen LogP contribution in [0, 0.1) is 0 Å². The van der Waals surface area contributed by atoms with Gasteiger partial charge in [0, 0.05) is 0 Å². The molecule has 0 amide bonds. The van der Waals surface area contributed by atoms with Crippen LogP contribution in [0.3, 0.4) is 0 Å². The Morgan fingerprint density at radius 2 is 1.73 bits per heavy atom. The molecular formula is C22H26N4. The molecule has 1 aliphatic heterocycles. The molecule has 0 spiro atoms. The van der Waals surface area contributed by atoms with Crippen molar-refractivity contribution in [1.29, 1.82) is 0 Å². The number of nitrogens with one attached hydrogen (secondary N) is 1. The summed E-state index contributed by atoms with van der Waals surface area (Å²) in [6.45, 7) is 6.64. The van der Waals surface area contributed by atoms with Gasteiger partial charge in [-0.25, -0.2) is 4.68 Å². The van der Waals surface area contributed by atoms with E-state index >= 15 is 0 Å². The predicted octanol–water partition coefficient (Wildman–Crippen LogP) is 5.11. The van der Waals surface area contributed by atoms with E-state index in [0.29, 0.717) is 5.92 Å². The number of hydrogen-bond donors (Lipinski definition) is 1. The number of aryl methyl sites for hydroxylation is 1. The Morgan fingerprint density at radius 1 is 1.04 bits per heavy atom. The Kier molecular flexibility index (Phi) is 4.49. The maximum atomic E-state index is 4.47. The summed E-state index contributed by atoms with van der Waals surface area (Å²) >= 11 is 0. The van der Waals surface area contributed by atoms with Crippen molar-refractivity contribution in [3.63, 3.8) is 0 Å². The smallest absolute Gasteiger partial charge is 0.222 e. The topological polar surface area (TPSA) is 42.7 Å². The molecule has 1 aromatic heterocycles. The van der Waals surface area contributed by atoms with Crippen molar-refractivity contribution in [3.05, 3.63) is 77.1 Å². The molecule has 26 heavy (non-hydrogen) atoms. The quantitative estimate of drug-likeness (QED) is 0.714. The fourth-order valence-electron chi connectivity index (χ4n) is 3.70. The molecule has 0 saturated heterocycles. The van der Waals surface area contributed by atoms with Gasteiger partial charge in [-0.15, -0.1) is 0 Å². The molecule has 2 aromatic carbocycles. The fraction of sp³-hybridized carbons (Fsp3) is 0.364. The van der Waals surface area contributed by atoms with Crippen LogP contribution in [0.4, 0.5) is 5.95 Å². The second-order valence-electron chi connectivity index (χ2n) is 7.39. The van der Waals surface area contributed by atoms with Gasteiger partial charge in [-0.1, -0.05) is 69.3 Å². The molecule has 0 fully saturated rings. The molecule has 2 unspecified atom stereocenters. The molecule has 3 aromatic rings. The summed E-state index contributed by atoms with van der Waals surface area (Å²) in [5, 5.41) is 8.02. The lowest BCUT2D eigenvalue weighted by molar-refractivity contribution is 0.430. The van der Waals surface area contributed by atoms with Crippen molar-refractivity contribution in [2.45, 2.75) is 51.6 Å². The SMILES string of the molecule is CCc1ccc(C2CC(c3ccc(C(C)C)cc3)n3ncnc3N2)cc1. The molecule has 134 valence electrons. The minimum Gasteiger partial charge on any atom is -0.348 e. The Balaban J connectivity index is 1.65. The van der Waals surface area contributed by atoms with Crippen molar-refractivity contribution >= 4 is 5.95 Å². The van der Waals surface area contributed by atoms with Crippen LogP contribution in [-0.2, 0) is 6.42 Å². The van der Waals surface area contributed by atoms with Gasteiger partial charge in [0.1, 0.15) is 6.33 Å². The summed E-state index contributed by atoms with van der Waals surface area (Å²) in [5.41, 5.74) is 5.33. The highest BCUT2D eigenvalue weighted by Gasteiger charge is 2.29. The molecule has 0 aliphatic carbocycles. The zero-order valence-corrected chi connectivity index (χ0v) is 15.7. The zero-order chi connectivity index (χ0) is 18.1. The largest absolute Gasteiger partial charge is 0.348 e. The van der Waals surface area contributed by atoms with Crippen LogP contribution in [0.1, 0.15) is 67.4 Å². The number of benzene rings is 2. The highest BCUT2D eigenvalue weighted by molar-refractivity contribution is 5.39. The van der Waals surface area contributed by atoms with Crippen molar-refractivity contribution < 1.29 is 0 Å². The lowest BCUT2D eigenvalue weighted by Gasteiger charge is -2.32. The third kappa shape index (κ3) is 3.12. The van der Waals surface area contributed by atoms with Crippen LogP contribution in [0.15, 0.2) is 54.9 Å². The third-order valence-corrected chi connectivity index (χ3v) is 5.41. The summed E-state index contributed by atoms with van der Waals surface area (Å²) < 4.78 is 2.02. The van der Waals surface area contributed by atoms with Gasteiger partial charge in [-0.3, -0.25) is 0 Å². The second-order valence-corrected chi connectivity index (χ2v) is 7.39. The molecule has 4 heteroatoms. The van der Waals surface area contributed by atoms with Crippen LogP contribution in [0.2, 0.25) is 0 Å². The molecule has 2 heterocycles. The first-order chi connectivity index (χ1) is 12.7. The fourth-order valence-corrected chi connectivity index (χ4v) is 3.70. The molecule has 2 atom stereocenters. The van der Waals surface area contributed by atoms with Gasteiger partial charge in [0.15, 0.2) is 0 Å². The van der Waals surface area contributed by atoms with Crippen molar-refractivity contribution in [2.75, 3.05) is 5.32 Å². The first-order valence-electron chi connectivity index (χ1n) is 9.50. The highest BCUT2D eigenvalue weighted by atomic mass is 15.4. The Hall–Kier alpha value is -2.62. The minimum atomic E-state index is 0.200. The molecule has 1 N–H and O–H groups in total. The predicted molar refractivity (Wildman–Crippen MR) is 105 cm³/mol. The van der Waals surface area contributed by atoms with Gasteiger partial charge in [0.05, 0.1) is 12.1 Å². The normalized spacial score (nSPS) is 19.2. The average molecular weight is 346 g/mol. The van der Waals surface area contributed by atoms with Crippen molar-refractivity contribution in [2.24, 2.45) is 0 Å². The lowest BCUT2D eigenvalue weighted by Crippen LogP contribution is -2.28. The Morgan fingerprint density at radius 3 is 2.38 bits per heavy atom. The van der Waals surface area contributed by atoms with Gasteiger partial charge in [-0.2, -0.15) is 10.1 Å². The van der Waals surface area contributed by atoms with Gasteiger partial charge >= 0.3 is 0 Å².